The number of carbonyl (C=O) groups is 1. The maximum absolute atomic E-state index is 9.99. The van der Waals surface area contributed by atoms with Crippen LogP contribution in [0.5, 0.6) is 0 Å². The molecule has 84 valence electrons. The summed E-state index contributed by atoms with van der Waals surface area (Å²) in [6.07, 6.45) is -8.14. The van der Waals surface area contributed by atoms with Gasteiger partial charge in [-0.1, -0.05) is 23.2 Å². The molecule has 0 aliphatic rings. The molecule has 0 aliphatic heterocycles. The number of aliphatic hydroxyl groups is 5. The smallest absolute Gasteiger partial charge is 0.244 e. The summed E-state index contributed by atoms with van der Waals surface area (Å²) in [7, 11) is 0. The van der Waals surface area contributed by atoms with Crippen LogP contribution in [-0.4, -0.2) is 60.8 Å². The molecule has 5 N–H and O–H groups in total. The molecule has 0 aromatic rings. The number of aldehydes is 1. The molecule has 0 amide bonds. The SMILES string of the molecule is O=C[C@H](O)[C@@H](O)[C@H](O)[C@H](O)C(O)(Cl)Cl. The fraction of sp³-hybridized carbons (Fsp3) is 0.833. The maximum atomic E-state index is 9.99. The first-order chi connectivity index (χ1) is 6.21. The number of hydrogen-bond donors (Lipinski definition) is 5. The van der Waals surface area contributed by atoms with Crippen molar-refractivity contribution in [2.75, 3.05) is 0 Å². The van der Waals surface area contributed by atoms with Gasteiger partial charge in [-0.15, -0.1) is 0 Å². The van der Waals surface area contributed by atoms with Gasteiger partial charge < -0.3 is 30.3 Å². The number of alkyl halides is 2. The Kier molecular flexibility index (Phi) is 5.24. The first-order valence-electron chi connectivity index (χ1n) is 3.49. The Morgan fingerprint density at radius 1 is 1.07 bits per heavy atom. The van der Waals surface area contributed by atoms with Crippen molar-refractivity contribution in [1.29, 1.82) is 0 Å². The molecule has 0 heterocycles. The third-order valence-corrected chi connectivity index (χ3v) is 1.97. The largest absolute Gasteiger partial charge is 0.387 e. The Morgan fingerprint density at radius 2 is 1.50 bits per heavy atom. The highest BCUT2D eigenvalue weighted by Crippen LogP contribution is 2.25. The zero-order valence-corrected chi connectivity index (χ0v) is 8.30. The summed E-state index contributed by atoms with van der Waals surface area (Å²) in [6.45, 7) is 0. The van der Waals surface area contributed by atoms with E-state index in [9.17, 15) is 4.79 Å². The van der Waals surface area contributed by atoms with Crippen molar-refractivity contribution in [3.8, 4) is 0 Å². The quantitative estimate of drug-likeness (QED) is 0.277. The highest BCUT2D eigenvalue weighted by Gasteiger charge is 2.41. The van der Waals surface area contributed by atoms with Crippen LogP contribution in [0.3, 0.4) is 0 Å². The van der Waals surface area contributed by atoms with Crippen molar-refractivity contribution in [3.05, 3.63) is 0 Å². The van der Waals surface area contributed by atoms with E-state index >= 15 is 0 Å². The summed E-state index contributed by atoms with van der Waals surface area (Å²) in [4.78, 5) is 9.99. The van der Waals surface area contributed by atoms with Crippen LogP contribution in [0.15, 0.2) is 0 Å². The van der Waals surface area contributed by atoms with Gasteiger partial charge in [0.25, 0.3) is 0 Å². The van der Waals surface area contributed by atoms with Crippen LogP contribution in [0, 0.1) is 0 Å². The van der Waals surface area contributed by atoms with Gasteiger partial charge in [0.05, 0.1) is 0 Å². The van der Waals surface area contributed by atoms with Gasteiger partial charge in [0.15, 0.2) is 6.29 Å². The lowest BCUT2D eigenvalue weighted by atomic mass is 10.0. The normalized spacial score (nSPS) is 21.1. The fourth-order valence-electron chi connectivity index (χ4n) is 0.675. The Morgan fingerprint density at radius 3 is 1.79 bits per heavy atom. The summed E-state index contributed by atoms with van der Waals surface area (Å²) >= 11 is 10.0. The molecular weight excluding hydrogens is 239 g/mol. The second-order valence-electron chi connectivity index (χ2n) is 2.64. The van der Waals surface area contributed by atoms with Crippen LogP contribution in [0.1, 0.15) is 0 Å². The Labute approximate surface area is 89.3 Å². The van der Waals surface area contributed by atoms with E-state index in [0.29, 0.717) is 0 Å². The van der Waals surface area contributed by atoms with Crippen LogP contribution in [0.25, 0.3) is 0 Å². The highest BCUT2D eigenvalue weighted by molar-refractivity contribution is 6.47. The van der Waals surface area contributed by atoms with E-state index < -0.39 is 28.9 Å². The van der Waals surface area contributed by atoms with E-state index in [1.807, 2.05) is 0 Å². The second-order valence-corrected chi connectivity index (χ2v) is 3.99. The van der Waals surface area contributed by atoms with Gasteiger partial charge in [-0.2, -0.15) is 0 Å². The van der Waals surface area contributed by atoms with Gasteiger partial charge >= 0.3 is 0 Å². The first kappa shape index (κ1) is 14.1. The summed E-state index contributed by atoms with van der Waals surface area (Å²) in [6, 6.07) is 0. The van der Waals surface area contributed by atoms with Crippen LogP contribution >= 0.6 is 23.2 Å². The monoisotopic (exact) mass is 248 g/mol. The van der Waals surface area contributed by atoms with E-state index in [2.05, 4.69) is 0 Å². The molecule has 0 unspecified atom stereocenters. The fourth-order valence-corrected chi connectivity index (χ4v) is 0.933. The Balaban J connectivity index is 4.46. The number of carbonyl (C=O) groups excluding carboxylic acids is 1. The Bertz CT molecular complexity index is 193. The van der Waals surface area contributed by atoms with Crippen molar-refractivity contribution < 1.29 is 30.3 Å². The molecular formula is C6H10Cl2O6. The second kappa shape index (κ2) is 5.22. The highest BCUT2D eigenvalue weighted by atomic mass is 35.5. The molecule has 8 heteroatoms. The van der Waals surface area contributed by atoms with Gasteiger partial charge in [-0.3, -0.25) is 0 Å². The molecule has 14 heavy (non-hydrogen) atoms. The van der Waals surface area contributed by atoms with E-state index in [4.69, 9.17) is 48.7 Å². The minimum Gasteiger partial charge on any atom is -0.387 e. The summed E-state index contributed by atoms with van der Waals surface area (Å²) < 4.78 is -2.69. The van der Waals surface area contributed by atoms with Crippen LogP contribution in [0.4, 0.5) is 0 Å². The van der Waals surface area contributed by atoms with Gasteiger partial charge in [-0.25, -0.2) is 0 Å². The molecule has 0 aliphatic carbocycles. The standard InChI is InChI=1S/C6H10Cl2O6/c7-6(8,14)5(13)4(12)3(11)2(10)1-9/h1-5,10-14H/t2-,3+,4-,5-/m0/s1. The molecule has 0 aromatic heterocycles. The van der Waals surface area contributed by atoms with Crippen molar-refractivity contribution in [1.82, 2.24) is 0 Å². The van der Waals surface area contributed by atoms with Gasteiger partial charge in [0.2, 0.25) is 4.52 Å². The van der Waals surface area contributed by atoms with Gasteiger partial charge in [-0.05, 0) is 0 Å². The predicted octanol–water partition coefficient (Wildman–Crippen LogP) is -2.25. The van der Waals surface area contributed by atoms with E-state index in [0.717, 1.165) is 0 Å². The molecule has 0 fully saturated rings. The lowest BCUT2D eigenvalue weighted by Crippen LogP contribution is -2.51. The van der Waals surface area contributed by atoms with Crippen molar-refractivity contribution in [3.63, 3.8) is 0 Å². The minimum atomic E-state index is -2.69. The third kappa shape index (κ3) is 3.66. The average molecular weight is 249 g/mol. The van der Waals surface area contributed by atoms with Crippen LogP contribution in [-0.2, 0) is 4.79 Å². The van der Waals surface area contributed by atoms with Crippen molar-refractivity contribution in [2.45, 2.75) is 28.9 Å². The van der Waals surface area contributed by atoms with Crippen LogP contribution in [0.2, 0.25) is 0 Å². The average Bonchev–Trinajstić information content (AvgIpc) is 2.11. The number of aliphatic hydroxyl groups excluding tert-OH is 4. The molecule has 0 saturated carbocycles. The Hall–Kier alpha value is 0.0500. The molecule has 0 rings (SSSR count). The van der Waals surface area contributed by atoms with Crippen LogP contribution < -0.4 is 0 Å². The first-order valence-corrected chi connectivity index (χ1v) is 4.25. The van der Waals surface area contributed by atoms with Crippen molar-refractivity contribution >= 4 is 29.5 Å². The van der Waals surface area contributed by atoms with Gasteiger partial charge in [0, 0.05) is 0 Å². The maximum Gasteiger partial charge on any atom is 0.244 e. The number of hydrogen-bond acceptors (Lipinski definition) is 6. The van der Waals surface area contributed by atoms with E-state index in [-0.39, 0.29) is 6.29 Å². The molecule has 0 spiro atoms. The topological polar surface area (TPSA) is 118 Å². The molecule has 0 radical (unpaired) electrons. The minimum absolute atomic E-state index is 0.0534. The summed E-state index contributed by atoms with van der Waals surface area (Å²) in [5.74, 6) is 0. The van der Waals surface area contributed by atoms with Crippen molar-refractivity contribution in [2.24, 2.45) is 0 Å². The van der Waals surface area contributed by atoms with Gasteiger partial charge in [0.1, 0.15) is 24.4 Å². The van der Waals surface area contributed by atoms with E-state index in [1.54, 1.807) is 0 Å². The molecule has 6 nitrogen and oxygen atoms in total. The third-order valence-electron chi connectivity index (χ3n) is 1.52. The lowest BCUT2D eigenvalue weighted by molar-refractivity contribution is -0.141. The molecule has 0 aromatic carbocycles. The van der Waals surface area contributed by atoms with E-state index in [1.165, 1.54) is 0 Å². The number of halogens is 2. The zero-order chi connectivity index (χ0) is 11.5. The summed E-state index contributed by atoms with van der Waals surface area (Å²) in [5.41, 5.74) is 0. The zero-order valence-electron chi connectivity index (χ0n) is 6.79. The molecule has 0 bridgehead atoms. The number of rotatable bonds is 5. The molecule has 0 saturated heterocycles. The molecule has 4 atom stereocenters. The lowest BCUT2D eigenvalue weighted by Gasteiger charge is -2.28. The predicted molar refractivity (Wildman–Crippen MR) is 46.7 cm³/mol. The summed E-state index contributed by atoms with van der Waals surface area (Å²) in [5, 5.41) is 44.6.